The van der Waals surface area contributed by atoms with Crippen molar-refractivity contribution in [1.29, 1.82) is 0 Å². The number of carboxylic acid groups (broad SMARTS) is 1. The highest BCUT2D eigenvalue weighted by molar-refractivity contribution is 8.26. The number of rotatable bonds is 5. The molecule has 1 N–H and O–H groups in total. The lowest BCUT2D eigenvalue weighted by Crippen LogP contribution is -2.41. The van der Waals surface area contributed by atoms with E-state index in [0.29, 0.717) is 40.9 Å². The Labute approximate surface area is 160 Å². The van der Waals surface area contributed by atoms with E-state index in [-0.39, 0.29) is 30.7 Å². The lowest BCUT2D eigenvalue weighted by molar-refractivity contribution is -0.145. The highest BCUT2D eigenvalue weighted by atomic mass is 32.2. The number of hydrogen-bond donors (Lipinski definition) is 1. The van der Waals surface area contributed by atoms with Crippen molar-refractivity contribution in [3.8, 4) is 0 Å². The molecule has 26 heavy (non-hydrogen) atoms. The van der Waals surface area contributed by atoms with Gasteiger partial charge in [0.25, 0.3) is 5.91 Å². The van der Waals surface area contributed by atoms with E-state index < -0.39 is 5.97 Å². The number of thiocarbonyl (C=S) groups is 1. The number of amides is 2. The van der Waals surface area contributed by atoms with Crippen LogP contribution in [-0.2, 0) is 14.4 Å². The van der Waals surface area contributed by atoms with Crippen molar-refractivity contribution in [2.24, 2.45) is 5.92 Å². The van der Waals surface area contributed by atoms with Gasteiger partial charge in [-0.1, -0.05) is 24.0 Å². The normalized spacial score (nSPS) is 20.2. The largest absolute Gasteiger partial charge is 0.481 e. The van der Waals surface area contributed by atoms with Crippen molar-refractivity contribution in [1.82, 2.24) is 9.80 Å². The first-order chi connectivity index (χ1) is 12.5. The molecule has 0 unspecified atom stereocenters. The number of thioether (sulfide) groups is 1. The Morgan fingerprint density at radius 3 is 2.73 bits per heavy atom. The van der Waals surface area contributed by atoms with Crippen molar-refractivity contribution >= 4 is 52.2 Å². The molecule has 3 rings (SSSR count). The Kier molecular flexibility index (Phi) is 5.77. The molecule has 1 aromatic heterocycles. The van der Waals surface area contributed by atoms with Gasteiger partial charge in [0.1, 0.15) is 10.1 Å². The van der Waals surface area contributed by atoms with Crippen LogP contribution in [0.5, 0.6) is 0 Å². The molecule has 0 spiro atoms. The molecule has 7 nitrogen and oxygen atoms in total. The number of aliphatic carboxylic acids is 1. The number of likely N-dealkylation sites (tertiary alicyclic amines) is 1. The third kappa shape index (κ3) is 4.16. The molecule has 2 saturated heterocycles. The maximum Gasteiger partial charge on any atom is 0.306 e. The summed E-state index contributed by atoms with van der Waals surface area (Å²) in [6.45, 7) is 1.09. The molecule has 9 heteroatoms. The molecular formula is C17H18N2O5S2. The highest BCUT2D eigenvalue weighted by Crippen LogP contribution is 2.32. The van der Waals surface area contributed by atoms with Crippen molar-refractivity contribution < 1.29 is 23.9 Å². The Morgan fingerprint density at radius 1 is 1.38 bits per heavy atom. The second-order valence-corrected chi connectivity index (χ2v) is 7.77. The van der Waals surface area contributed by atoms with Gasteiger partial charge in [-0.3, -0.25) is 19.3 Å². The minimum Gasteiger partial charge on any atom is -0.481 e. The summed E-state index contributed by atoms with van der Waals surface area (Å²) in [6, 6.07) is 3.48. The summed E-state index contributed by atoms with van der Waals surface area (Å²) in [4.78, 5) is 39.3. The molecule has 2 fully saturated rings. The van der Waals surface area contributed by atoms with Gasteiger partial charge in [-0.15, -0.1) is 0 Å². The third-order valence-corrected chi connectivity index (χ3v) is 5.81. The zero-order chi connectivity index (χ0) is 18.7. The van der Waals surface area contributed by atoms with Crippen molar-refractivity contribution in [3.05, 3.63) is 29.1 Å². The molecule has 0 aliphatic carbocycles. The second kappa shape index (κ2) is 8.05. The zero-order valence-corrected chi connectivity index (χ0v) is 15.6. The number of carbonyl (C=O) groups is 3. The number of carbonyl (C=O) groups excluding carboxylic acids is 2. The van der Waals surface area contributed by atoms with Crippen LogP contribution in [0.1, 0.15) is 25.0 Å². The van der Waals surface area contributed by atoms with Crippen molar-refractivity contribution in [3.63, 3.8) is 0 Å². The van der Waals surface area contributed by atoms with E-state index in [9.17, 15) is 14.4 Å². The van der Waals surface area contributed by atoms with Crippen LogP contribution in [0.15, 0.2) is 27.7 Å². The average Bonchev–Trinajstić information content (AvgIpc) is 3.22. The van der Waals surface area contributed by atoms with Gasteiger partial charge in [-0.2, -0.15) is 0 Å². The van der Waals surface area contributed by atoms with Crippen LogP contribution >= 0.6 is 24.0 Å². The van der Waals surface area contributed by atoms with Gasteiger partial charge in [0.15, 0.2) is 0 Å². The number of nitrogens with zero attached hydrogens (tertiary/aromatic N) is 2. The molecule has 0 radical (unpaired) electrons. The van der Waals surface area contributed by atoms with E-state index in [1.54, 1.807) is 23.1 Å². The number of carboxylic acids is 1. The summed E-state index contributed by atoms with van der Waals surface area (Å²) >= 11 is 6.44. The van der Waals surface area contributed by atoms with Crippen molar-refractivity contribution in [2.75, 3.05) is 19.6 Å². The molecule has 2 amide bonds. The average molecular weight is 394 g/mol. The molecule has 2 aliphatic rings. The predicted molar refractivity (Wildman–Crippen MR) is 100 cm³/mol. The molecule has 0 saturated carbocycles. The monoisotopic (exact) mass is 394 g/mol. The van der Waals surface area contributed by atoms with E-state index in [1.165, 1.54) is 22.9 Å². The zero-order valence-electron chi connectivity index (χ0n) is 13.9. The SMILES string of the molecule is O=C(O)C1CCN(C(=O)CCN2C(=O)C(=Cc3ccco3)SC2=S)CC1. The smallest absolute Gasteiger partial charge is 0.306 e. The highest BCUT2D eigenvalue weighted by Gasteiger charge is 2.33. The van der Waals surface area contributed by atoms with Crippen LogP contribution in [0.4, 0.5) is 0 Å². The lowest BCUT2D eigenvalue weighted by Gasteiger charge is -2.30. The minimum absolute atomic E-state index is 0.0853. The summed E-state index contributed by atoms with van der Waals surface area (Å²) in [7, 11) is 0. The molecule has 1 aromatic rings. The Morgan fingerprint density at radius 2 is 2.12 bits per heavy atom. The summed E-state index contributed by atoms with van der Waals surface area (Å²) in [6.07, 6.45) is 4.26. The second-order valence-electron chi connectivity index (χ2n) is 6.09. The fraction of sp³-hybridized carbons (Fsp3) is 0.412. The van der Waals surface area contributed by atoms with Crippen LogP contribution in [0.25, 0.3) is 6.08 Å². The van der Waals surface area contributed by atoms with Gasteiger partial charge in [0.05, 0.1) is 17.1 Å². The molecule has 2 aliphatic heterocycles. The molecule has 138 valence electrons. The van der Waals surface area contributed by atoms with Crippen LogP contribution in [-0.4, -0.2) is 56.6 Å². The molecule has 0 aromatic carbocycles. The summed E-state index contributed by atoms with van der Waals surface area (Å²) in [5.41, 5.74) is 0. The van der Waals surface area contributed by atoms with Gasteiger partial charge in [-0.25, -0.2) is 0 Å². The Bertz CT molecular complexity index is 751. The molecule has 3 heterocycles. The first kappa shape index (κ1) is 18.7. The quantitative estimate of drug-likeness (QED) is 0.605. The van der Waals surface area contributed by atoms with Crippen LogP contribution < -0.4 is 0 Å². The third-order valence-electron chi connectivity index (χ3n) is 4.44. The molecule has 0 atom stereocenters. The predicted octanol–water partition coefficient (Wildman–Crippen LogP) is 2.19. The van der Waals surface area contributed by atoms with Gasteiger partial charge in [0.2, 0.25) is 5.91 Å². The van der Waals surface area contributed by atoms with E-state index in [0.717, 1.165) is 0 Å². The molecule has 0 bridgehead atoms. The Hall–Kier alpha value is -2.13. The van der Waals surface area contributed by atoms with E-state index in [4.69, 9.17) is 21.7 Å². The summed E-state index contributed by atoms with van der Waals surface area (Å²) in [5, 5.41) is 9.01. The number of furan rings is 1. The van der Waals surface area contributed by atoms with E-state index in [2.05, 4.69) is 0 Å². The van der Waals surface area contributed by atoms with Crippen molar-refractivity contribution in [2.45, 2.75) is 19.3 Å². The summed E-state index contributed by atoms with van der Waals surface area (Å²) < 4.78 is 5.63. The summed E-state index contributed by atoms with van der Waals surface area (Å²) in [5.74, 6) is -0.926. The first-order valence-electron chi connectivity index (χ1n) is 8.25. The minimum atomic E-state index is -0.807. The standard InChI is InChI=1S/C17H18N2O5S2/c20-14(18-6-3-11(4-7-18)16(22)23)5-8-19-15(21)13(26-17(19)25)10-12-2-1-9-24-12/h1-2,9-11H,3-8H2,(H,22,23). The lowest BCUT2D eigenvalue weighted by atomic mass is 9.97. The topological polar surface area (TPSA) is 91.1 Å². The van der Waals surface area contributed by atoms with E-state index in [1.807, 2.05) is 0 Å². The van der Waals surface area contributed by atoms with E-state index >= 15 is 0 Å². The molecular weight excluding hydrogens is 376 g/mol. The van der Waals surface area contributed by atoms with Gasteiger partial charge < -0.3 is 14.4 Å². The number of piperidine rings is 1. The maximum absolute atomic E-state index is 12.5. The fourth-order valence-corrected chi connectivity index (χ4v) is 4.23. The first-order valence-corrected chi connectivity index (χ1v) is 9.47. The maximum atomic E-state index is 12.5. The van der Waals surface area contributed by atoms with Gasteiger partial charge >= 0.3 is 5.97 Å². The Balaban J connectivity index is 1.53. The van der Waals surface area contributed by atoms with Gasteiger partial charge in [-0.05, 0) is 25.0 Å². The van der Waals surface area contributed by atoms with Crippen LogP contribution in [0.3, 0.4) is 0 Å². The number of hydrogen-bond acceptors (Lipinski definition) is 6. The van der Waals surface area contributed by atoms with Crippen LogP contribution in [0, 0.1) is 5.92 Å². The van der Waals surface area contributed by atoms with Crippen LogP contribution in [0.2, 0.25) is 0 Å². The fourth-order valence-electron chi connectivity index (χ4n) is 2.94. The van der Waals surface area contributed by atoms with Gasteiger partial charge in [0, 0.05) is 32.1 Å².